The Balaban J connectivity index is 1.70. The third-order valence-corrected chi connectivity index (χ3v) is 5.14. The first-order valence-corrected chi connectivity index (χ1v) is 10.5. The molecule has 0 aliphatic rings. The second kappa shape index (κ2) is 10.2. The molecule has 0 aliphatic carbocycles. The number of methoxy groups -OCH3 is 2. The van der Waals surface area contributed by atoms with Crippen molar-refractivity contribution in [2.45, 2.75) is 13.0 Å². The minimum absolute atomic E-state index is 0.229. The predicted molar refractivity (Wildman–Crippen MR) is 126 cm³/mol. The number of anilines is 2. The average molecular weight is 483 g/mol. The number of carbonyl (C=O) groups is 1. The van der Waals surface area contributed by atoms with Crippen LogP contribution in [0.2, 0.25) is 0 Å². The molecule has 0 radical (unpaired) electrons. The number of nitrogens with zero attached hydrogens (tertiary/aromatic N) is 3. The van der Waals surface area contributed by atoms with Gasteiger partial charge in [0.15, 0.2) is 11.6 Å². The first-order valence-electron chi connectivity index (χ1n) is 10.5. The maximum Gasteiger partial charge on any atom is 0.433 e. The molecule has 4 rings (SSSR count). The van der Waals surface area contributed by atoms with Crippen LogP contribution in [0.1, 0.15) is 6.42 Å². The quantitative estimate of drug-likeness (QED) is 0.194. The van der Waals surface area contributed by atoms with Gasteiger partial charge in [-0.3, -0.25) is 10.1 Å². The Morgan fingerprint density at radius 3 is 2.60 bits per heavy atom. The van der Waals surface area contributed by atoms with Gasteiger partial charge >= 0.3 is 11.9 Å². The van der Waals surface area contributed by atoms with Gasteiger partial charge in [0.25, 0.3) is 0 Å². The standard InChI is InChI=1S/C23H22FN5O6/c1-33-11-3-10-28-18-13-20(34-2)17(27-23(30)25-15-6-4-14(24)5-7-15)12-16(18)26-22(28)19-8-9-21(35-19)29(31)32/h4-9,12-13H,3,10-11H2,1-2H3,(H2,25,27,30). The van der Waals surface area contributed by atoms with Gasteiger partial charge in [0.2, 0.25) is 0 Å². The van der Waals surface area contributed by atoms with Gasteiger partial charge in [-0.1, -0.05) is 0 Å². The van der Waals surface area contributed by atoms with Gasteiger partial charge in [0.1, 0.15) is 16.5 Å². The minimum atomic E-state index is -0.619. The highest BCUT2D eigenvalue weighted by atomic mass is 19.1. The maximum absolute atomic E-state index is 13.1. The number of aryl methyl sites for hydroxylation is 1. The van der Waals surface area contributed by atoms with Gasteiger partial charge in [-0.05, 0) is 42.8 Å². The highest BCUT2D eigenvalue weighted by Crippen LogP contribution is 2.35. The molecule has 4 aromatic rings. The molecule has 0 saturated heterocycles. The van der Waals surface area contributed by atoms with E-state index in [2.05, 4.69) is 15.6 Å². The molecule has 0 unspecified atom stereocenters. The van der Waals surface area contributed by atoms with E-state index in [9.17, 15) is 19.3 Å². The number of hydrogen-bond donors (Lipinski definition) is 2. The van der Waals surface area contributed by atoms with Gasteiger partial charge in [-0.25, -0.2) is 14.2 Å². The smallest absolute Gasteiger partial charge is 0.433 e. The van der Waals surface area contributed by atoms with Gasteiger partial charge in [0.05, 0.1) is 29.9 Å². The number of hydrogen-bond acceptors (Lipinski definition) is 7. The summed E-state index contributed by atoms with van der Waals surface area (Å²) >= 11 is 0. The highest BCUT2D eigenvalue weighted by molar-refractivity contribution is 6.02. The highest BCUT2D eigenvalue weighted by Gasteiger charge is 2.21. The van der Waals surface area contributed by atoms with Crippen molar-refractivity contribution in [3.05, 3.63) is 64.5 Å². The van der Waals surface area contributed by atoms with Crippen LogP contribution in [0.4, 0.5) is 26.4 Å². The Morgan fingerprint density at radius 1 is 1.17 bits per heavy atom. The number of nitrogens with one attached hydrogen (secondary N) is 2. The molecule has 182 valence electrons. The average Bonchev–Trinajstić information content (AvgIpc) is 3.45. The first kappa shape index (κ1) is 23.7. The van der Waals surface area contributed by atoms with Crippen LogP contribution < -0.4 is 15.4 Å². The summed E-state index contributed by atoms with van der Waals surface area (Å²) in [5.74, 6) is 0.179. The topological polar surface area (TPSA) is 134 Å². The second-order valence-corrected chi connectivity index (χ2v) is 7.46. The van der Waals surface area contributed by atoms with Crippen molar-refractivity contribution in [2.24, 2.45) is 0 Å². The van der Waals surface area contributed by atoms with Crippen LogP contribution in [0.3, 0.4) is 0 Å². The lowest BCUT2D eigenvalue weighted by atomic mass is 10.2. The molecular formula is C23H22FN5O6. The predicted octanol–water partition coefficient (Wildman–Crippen LogP) is 5.03. The zero-order valence-corrected chi connectivity index (χ0v) is 18.9. The van der Waals surface area contributed by atoms with Crippen LogP contribution in [0, 0.1) is 15.9 Å². The van der Waals surface area contributed by atoms with Gasteiger partial charge in [-0.2, -0.15) is 0 Å². The van der Waals surface area contributed by atoms with Crippen molar-refractivity contribution >= 4 is 34.3 Å². The molecule has 0 aliphatic heterocycles. The van der Waals surface area contributed by atoms with E-state index >= 15 is 0 Å². The Morgan fingerprint density at radius 2 is 1.94 bits per heavy atom. The van der Waals surface area contributed by atoms with E-state index < -0.39 is 22.7 Å². The molecule has 35 heavy (non-hydrogen) atoms. The molecule has 2 N–H and O–H groups in total. The normalized spacial score (nSPS) is 10.9. The summed E-state index contributed by atoms with van der Waals surface area (Å²) in [6.07, 6.45) is 0.653. The molecule has 0 fully saturated rings. The lowest BCUT2D eigenvalue weighted by molar-refractivity contribution is -0.401. The molecule has 12 heteroatoms. The lowest BCUT2D eigenvalue weighted by Crippen LogP contribution is -2.19. The fourth-order valence-electron chi connectivity index (χ4n) is 3.56. The Kier molecular flexibility index (Phi) is 6.92. The monoisotopic (exact) mass is 483 g/mol. The number of aromatic nitrogens is 2. The van der Waals surface area contributed by atoms with Crippen molar-refractivity contribution in [1.29, 1.82) is 0 Å². The van der Waals surface area contributed by atoms with Gasteiger partial charge in [0, 0.05) is 32.0 Å². The van der Waals surface area contributed by atoms with Crippen molar-refractivity contribution in [3.63, 3.8) is 0 Å². The third-order valence-electron chi connectivity index (χ3n) is 5.14. The van der Waals surface area contributed by atoms with Crippen LogP contribution in [0.25, 0.3) is 22.6 Å². The number of furan rings is 1. The number of benzene rings is 2. The molecule has 2 heterocycles. The van der Waals surface area contributed by atoms with Gasteiger partial charge < -0.3 is 29.1 Å². The van der Waals surface area contributed by atoms with Crippen molar-refractivity contribution in [1.82, 2.24) is 9.55 Å². The van der Waals surface area contributed by atoms with Crippen molar-refractivity contribution in [2.75, 3.05) is 31.5 Å². The number of amides is 2. The second-order valence-electron chi connectivity index (χ2n) is 7.46. The van der Waals surface area contributed by atoms with E-state index in [0.717, 1.165) is 0 Å². The zero-order chi connectivity index (χ0) is 24.9. The number of fused-ring (bicyclic) bond motifs is 1. The summed E-state index contributed by atoms with van der Waals surface area (Å²) in [4.78, 5) is 27.6. The van der Waals surface area contributed by atoms with Crippen molar-refractivity contribution in [3.8, 4) is 17.3 Å². The molecule has 11 nitrogen and oxygen atoms in total. The summed E-state index contributed by atoms with van der Waals surface area (Å²) in [5.41, 5.74) is 1.94. The summed E-state index contributed by atoms with van der Waals surface area (Å²) < 4.78 is 31.0. The number of imidazole rings is 1. The maximum atomic E-state index is 13.1. The van der Waals surface area contributed by atoms with Crippen LogP contribution in [0.15, 0.2) is 52.9 Å². The number of nitro groups is 1. The number of halogens is 1. The molecule has 2 amide bonds. The van der Waals surface area contributed by atoms with E-state index in [1.54, 1.807) is 19.2 Å². The first-order chi connectivity index (χ1) is 16.9. The molecule has 0 atom stereocenters. The number of urea groups is 1. The van der Waals surface area contributed by atoms with E-state index in [-0.39, 0.29) is 5.76 Å². The number of ether oxygens (including phenoxy) is 2. The van der Waals surface area contributed by atoms with Crippen molar-refractivity contribution < 1.29 is 28.0 Å². The summed E-state index contributed by atoms with van der Waals surface area (Å²) in [5, 5.41) is 16.4. The van der Waals surface area contributed by atoms with Crippen LogP contribution in [-0.2, 0) is 11.3 Å². The fraction of sp³-hybridized carbons (Fsp3) is 0.217. The van der Waals surface area contributed by atoms with E-state index in [0.29, 0.717) is 53.6 Å². The van der Waals surface area contributed by atoms with E-state index in [4.69, 9.17) is 13.9 Å². The molecule has 0 spiro atoms. The molecule has 2 aromatic heterocycles. The molecule has 0 saturated carbocycles. The molecule has 0 bridgehead atoms. The molecule has 2 aromatic carbocycles. The fourth-order valence-corrected chi connectivity index (χ4v) is 3.56. The summed E-state index contributed by atoms with van der Waals surface area (Å²) in [7, 11) is 3.06. The Bertz CT molecular complexity index is 1360. The SMILES string of the molecule is COCCCn1c(-c2ccc([N+](=O)[O-])o2)nc2cc(NC(=O)Nc3ccc(F)cc3)c(OC)cc21. The van der Waals surface area contributed by atoms with E-state index in [1.807, 2.05) is 4.57 Å². The minimum Gasteiger partial charge on any atom is -0.494 e. The largest absolute Gasteiger partial charge is 0.494 e. The number of rotatable bonds is 9. The van der Waals surface area contributed by atoms with Gasteiger partial charge in [-0.15, -0.1) is 0 Å². The number of carbonyl (C=O) groups excluding carboxylic acids is 1. The Labute approximate surface area is 198 Å². The lowest BCUT2D eigenvalue weighted by Gasteiger charge is -2.13. The van der Waals surface area contributed by atoms with E-state index in [1.165, 1.54) is 43.5 Å². The van der Waals surface area contributed by atoms with Crippen LogP contribution in [0.5, 0.6) is 5.75 Å². The van der Waals surface area contributed by atoms with Crippen LogP contribution >= 0.6 is 0 Å². The summed E-state index contributed by atoms with van der Waals surface area (Å²) in [6, 6.07) is 10.9. The van der Waals surface area contributed by atoms with Crippen LogP contribution in [-0.4, -0.2) is 41.3 Å². The Hall–Kier alpha value is -4.45. The molecular weight excluding hydrogens is 461 g/mol. The zero-order valence-electron chi connectivity index (χ0n) is 18.9. The summed E-state index contributed by atoms with van der Waals surface area (Å²) in [6.45, 7) is 0.993. The third kappa shape index (κ3) is 5.22.